The third kappa shape index (κ3) is 5.06. The van der Waals surface area contributed by atoms with E-state index >= 15 is 0 Å². The van der Waals surface area contributed by atoms with Crippen LogP contribution in [0, 0.1) is 11.2 Å². The number of unbranched alkanes of at least 4 members (excludes halogenated alkanes) is 1. The van der Waals surface area contributed by atoms with Gasteiger partial charge in [0.25, 0.3) is 0 Å². The molecule has 1 unspecified atom stereocenters. The molecule has 1 aromatic rings. The van der Waals surface area contributed by atoms with Gasteiger partial charge < -0.3 is 5.32 Å². The summed E-state index contributed by atoms with van der Waals surface area (Å²) in [6, 6.07) is 4.87. The quantitative estimate of drug-likeness (QED) is 0.659. The lowest BCUT2D eigenvalue weighted by atomic mass is 9.75. The highest BCUT2D eigenvalue weighted by atomic mass is 35.5. The third-order valence-electron chi connectivity index (χ3n) is 4.13. The average Bonchev–Trinajstić information content (AvgIpc) is 2.46. The Morgan fingerprint density at radius 3 is 2.60 bits per heavy atom. The fourth-order valence-corrected chi connectivity index (χ4v) is 2.89. The van der Waals surface area contributed by atoms with E-state index in [2.05, 4.69) is 26.1 Å². The lowest BCUT2D eigenvalue weighted by molar-refractivity contribution is 0.228. The molecule has 0 fully saturated rings. The zero-order valence-corrected chi connectivity index (χ0v) is 13.7. The maximum atomic E-state index is 14.0. The summed E-state index contributed by atoms with van der Waals surface area (Å²) in [6.07, 6.45) is 5.28. The van der Waals surface area contributed by atoms with Crippen molar-refractivity contribution >= 4 is 11.6 Å². The summed E-state index contributed by atoms with van der Waals surface area (Å²) in [4.78, 5) is 0. The molecule has 0 saturated carbocycles. The van der Waals surface area contributed by atoms with Gasteiger partial charge in [-0.05, 0) is 55.0 Å². The van der Waals surface area contributed by atoms with E-state index in [-0.39, 0.29) is 11.2 Å². The largest absolute Gasteiger partial charge is 0.316 e. The SMILES string of the molecule is CCCCC(CC)(CNCC)Cc1cc(Cl)ccc1F. The number of benzene rings is 1. The van der Waals surface area contributed by atoms with Crippen molar-refractivity contribution in [1.29, 1.82) is 0 Å². The van der Waals surface area contributed by atoms with E-state index in [0.29, 0.717) is 5.02 Å². The highest BCUT2D eigenvalue weighted by Gasteiger charge is 2.28. The lowest BCUT2D eigenvalue weighted by Crippen LogP contribution is -2.36. The van der Waals surface area contributed by atoms with E-state index in [0.717, 1.165) is 37.9 Å². The van der Waals surface area contributed by atoms with Crippen molar-refractivity contribution in [2.75, 3.05) is 13.1 Å². The first-order valence-electron chi connectivity index (χ1n) is 7.71. The molecule has 0 aliphatic carbocycles. The van der Waals surface area contributed by atoms with Gasteiger partial charge in [0.2, 0.25) is 0 Å². The van der Waals surface area contributed by atoms with Gasteiger partial charge in [0.15, 0.2) is 0 Å². The Labute approximate surface area is 127 Å². The Kier molecular flexibility index (Phi) is 7.53. The van der Waals surface area contributed by atoms with Crippen LogP contribution in [0.4, 0.5) is 4.39 Å². The van der Waals surface area contributed by atoms with Crippen LogP contribution in [0.1, 0.15) is 52.0 Å². The maximum Gasteiger partial charge on any atom is 0.126 e. The molecule has 0 aliphatic heterocycles. The van der Waals surface area contributed by atoms with Gasteiger partial charge in [0, 0.05) is 11.6 Å². The van der Waals surface area contributed by atoms with Gasteiger partial charge in [-0.25, -0.2) is 4.39 Å². The van der Waals surface area contributed by atoms with Crippen LogP contribution in [0.5, 0.6) is 0 Å². The molecule has 0 aliphatic rings. The van der Waals surface area contributed by atoms with E-state index in [9.17, 15) is 4.39 Å². The Bertz CT molecular complexity index is 398. The molecule has 3 heteroatoms. The van der Waals surface area contributed by atoms with Crippen molar-refractivity contribution in [2.24, 2.45) is 5.41 Å². The van der Waals surface area contributed by atoms with Crippen molar-refractivity contribution in [2.45, 2.75) is 52.9 Å². The van der Waals surface area contributed by atoms with Crippen LogP contribution < -0.4 is 5.32 Å². The molecule has 1 aromatic carbocycles. The van der Waals surface area contributed by atoms with Gasteiger partial charge in [-0.2, -0.15) is 0 Å². The predicted octanol–water partition coefficient (Wildman–Crippen LogP) is 5.22. The monoisotopic (exact) mass is 299 g/mol. The van der Waals surface area contributed by atoms with Crippen LogP contribution in [-0.4, -0.2) is 13.1 Å². The Morgan fingerprint density at radius 1 is 1.25 bits per heavy atom. The van der Waals surface area contributed by atoms with Crippen molar-refractivity contribution in [3.8, 4) is 0 Å². The number of hydrogen-bond acceptors (Lipinski definition) is 1. The van der Waals surface area contributed by atoms with Crippen molar-refractivity contribution in [3.63, 3.8) is 0 Å². The molecular weight excluding hydrogens is 273 g/mol. The highest BCUT2D eigenvalue weighted by molar-refractivity contribution is 6.30. The van der Waals surface area contributed by atoms with E-state index in [4.69, 9.17) is 11.6 Å². The van der Waals surface area contributed by atoms with Gasteiger partial charge >= 0.3 is 0 Å². The van der Waals surface area contributed by atoms with Crippen LogP contribution in [0.15, 0.2) is 18.2 Å². The Morgan fingerprint density at radius 2 is 2.00 bits per heavy atom. The zero-order valence-electron chi connectivity index (χ0n) is 12.9. The number of hydrogen-bond donors (Lipinski definition) is 1. The first-order valence-corrected chi connectivity index (χ1v) is 8.09. The maximum absolute atomic E-state index is 14.0. The molecule has 1 N–H and O–H groups in total. The van der Waals surface area contributed by atoms with E-state index in [1.165, 1.54) is 18.9 Å². The molecule has 114 valence electrons. The number of nitrogens with one attached hydrogen (secondary N) is 1. The van der Waals surface area contributed by atoms with Gasteiger partial charge in [-0.3, -0.25) is 0 Å². The van der Waals surface area contributed by atoms with Gasteiger partial charge in [-0.15, -0.1) is 0 Å². The summed E-state index contributed by atoms with van der Waals surface area (Å²) >= 11 is 6.02. The van der Waals surface area contributed by atoms with Crippen LogP contribution in [0.2, 0.25) is 5.02 Å². The molecule has 0 radical (unpaired) electrons. The molecule has 0 aromatic heterocycles. The second-order valence-electron chi connectivity index (χ2n) is 5.65. The van der Waals surface area contributed by atoms with E-state index in [1.807, 2.05) is 0 Å². The van der Waals surface area contributed by atoms with Gasteiger partial charge in [0.05, 0.1) is 0 Å². The average molecular weight is 300 g/mol. The predicted molar refractivity (Wildman–Crippen MR) is 85.9 cm³/mol. The fourth-order valence-electron chi connectivity index (χ4n) is 2.69. The number of halogens is 2. The van der Waals surface area contributed by atoms with Crippen LogP contribution in [-0.2, 0) is 6.42 Å². The molecule has 0 spiro atoms. The summed E-state index contributed by atoms with van der Waals surface area (Å²) in [5.74, 6) is -0.139. The Balaban J connectivity index is 2.93. The minimum atomic E-state index is -0.139. The molecule has 0 amide bonds. The topological polar surface area (TPSA) is 12.0 Å². The van der Waals surface area contributed by atoms with Gasteiger partial charge in [-0.1, -0.05) is 45.2 Å². The first kappa shape index (κ1) is 17.5. The minimum absolute atomic E-state index is 0.123. The summed E-state index contributed by atoms with van der Waals surface area (Å²) in [7, 11) is 0. The summed E-state index contributed by atoms with van der Waals surface area (Å²) in [5, 5.41) is 4.06. The second-order valence-corrected chi connectivity index (χ2v) is 6.09. The zero-order chi connectivity index (χ0) is 15.0. The molecule has 0 bridgehead atoms. The summed E-state index contributed by atoms with van der Waals surface area (Å²) in [5.41, 5.74) is 0.866. The van der Waals surface area contributed by atoms with Crippen molar-refractivity contribution in [1.82, 2.24) is 5.32 Å². The van der Waals surface area contributed by atoms with Gasteiger partial charge in [0.1, 0.15) is 5.82 Å². The van der Waals surface area contributed by atoms with E-state index < -0.39 is 0 Å². The fraction of sp³-hybridized carbons (Fsp3) is 0.647. The minimum Gasteiger partial charge on any atom is -0.316 e. The van der Waals surface area contributed by atoms with Crippen LogP contribution in [0.3, 0.4) is 0 Å². The molecule has 1 atom stereocenters. The van der Waals surface area contributed by atoms with Crippen LogP contribution >= 0.6 is 11.6 Å². The second kappa shape index (κ2) is 8.63. The van der Waals surface area contributed by atoms with Crippen LogP contribution in [0.25, 0.3) is 0 Å². The first-order chi connectivity index (χ1) is 9.56. The molecule has 0 saturated heterocycles. The highest BCUT2D eigenvalue weighted by Crippen LogP contribution is 2.34. The molecule has 20 heavy (non-hydrogen) atoms. The lowest BCUT2D eigenvalue weighted by Gasteiger charge is -2.33. The molecule has 1 nitrogen and oxygen atoms in total. The Hall–Kier alpha value is -0.600. The number of rotatable bonds is 9. The van der Waals surface area contributed by atoms with Crippen molar-refractivity contribution in [3.05, 3.63) is 34.6 Å². The molecular formula is C17H27ClFN. The summed E-state index contributed by atoms with van der Waals surface area (Å²) < 4.78 is 14.0. The normalized spacial score (nSPS) is 14.2. The van der Waals surface area contributed by atoms with E-state index in [1.54, 1.807) is 12.1 Å². The standard InChI is InChI=1S/C17H27ClFN/c1-4-7-10-17(5-2,13-20-6-3)12-14-11-15(18)8-9-16(14)19/h8-9,11,20H,4-7,10,12-13H2,1-3H3. The molecule has 1 rings (SSSR count). The molecule has 0 heterocycles. The van der Waals surface area contributed by atoms with Crippen molar-refractivity contribution < 1.29 is 4.39 Å². The smallest absolute Gasteiger partial charge is 0.126 e. The third-order valence-corrected chi connectivity index (χ3v) is 4.37. The summed E-state index contributed by atoms with van der Waals surface area (Å²) in [6.45, 7) is 8.40.